The number of nitrogens with zero attached hydrogens (tertiary/aromatic N) is 3. The number of hydrogen-bond acceptors (Lipinski definition) is 5. The van der Waals surface area contributed by atoms with Crippen LogP contribution in [-0.4, -0.2) is 56.0 Å². The first-order chi connectivity index (χ1) is 17.1. The maximum Gasteiger partial charge on any atom is 0.326 e. The van der Waals surface area contributed by atoms with Crippen molar-refractivity contribution in [3.63, 3.8) is 0 Å². The van der Waals surface area contributed by atoms with Gasteiger partial charge in [0.2, 0.25) is 0 Å². The van der Waals surface area contributed by atoms with Crippen LogP contribution in [0.2, 0.25) is 10.0 Å². The van der Waals surface area contributed by atoms with E-state index in [0.29, 0.717) is 22.9 Å². The van der Waals surface area contributed by atoms with Crippen molar-refractivity contribution in [1.82, 2.24) is 9.47 Å². The van der Waals surface area contributed by atoms with E-state index in [2.05, 4.69) is 0 Å². The number of halogens is 2. The van der Waals surface area contributed by atoms with Crippen LogP contribution >= 0.6 is 23.2 Å². The van der Waals surface area contributed by atoms with Crippen molar-refractivity contribution in [2.45, 2.75) is 31.1 Å². The molecule has 0 N–H and O–H groups in total. The lowest BCUT2D eigenvalue weighted by Crippen LogP contribution is -2.41. The summed E-state index contributed by atoms with van der Waals surface area (Å²) < 4.78 is 35.4. The van der Waals surface area contributed by atoms with Gasteiger partial charge in [-0.3, -0.25) is 13.9 Å². The number of unbranched alkanes of at least 4 members (excludes halogenated alkanes) is 1. The molecule has 1 aliphatic heterocycles. The second kappa shape index (κ2) is 10.7. The van der Waals surface area contributed by atoms with Gasteiger partial charge < -0.3 is 14.2 Å². The van der Waals surface area contributed by atoms with E-state index in [1.165, 1.54) is 18.2 Å². The number of esters is 1. The molecule has 1 aromatic heterocycles. The normalized spacial score (nSPS) is 13.5. The lowest BCUT2D eigenvalue weighted by atomic mass is 10.1. The van der Waals surface area contributed by atoms with E-state index in [0.717, 1.165) is 30.2 Å². The topological polar surface area (TPSA) is 88.9 Å². The minimum atomic E-state index is -4.24. The Kier molecular flexibility index (Phi) is 7.82. The number of rotatable bonds is 9. The molecule has 36 heavy (non-hydrogen) atoms. The number of amides is 1. The number of likely N-dealkylation sites (tertiary alicyclic amines) is 1. The summed E-state index contributed by atoms with van der Waals surface area (Å²) in [7, 11) is -2.46. The molecule has 0 bridgehead atoms. The number of aryl methyl sites for hydroxylation is 1. The highest BCUT2D eigenvalue weighted by molar-refractivity contribution is 7.92. The Morgan fingerprint density at radius 3 is 2.39 bits per heavy atom. The third kappa shape index (κ3) is 5.33. The van der Waals surface area contributed by atoms with Gasteiger partial charge in [-0.05, 0) is 49.2 Å². The summed E-state index contributed by atoms with van der Waals surface area (Å²) in [6, 6.07) is 8.92. The van der Waals surface area contributed by atoms with Crippen LogP contribution in [0.1, 0.15) is 36.5 Å². The summed E-state index contributed by atoms with van der Waals surface area (Å²) in [6.45, 7) is 3.07. The smallest absolute Gasteiger partial charge is 0.326 e. The molecule has 192 valence electrons. The molecule has 0 spiro atoms. The third-order valence-corrected chi connectivity index (χ3v) is 8.28. The Bertz CT molecular complexity index is 1400. The molecule has 0 atom stereocenters. The molecule has 2 aromatic carbocycles. The largest absolute Gasteiger partial charge is 0.464 e. The number of carbonyl (C=O) groups is 2. The van der Waals surface area contributed by atoms with Gasteiger partial charge >= 0.3 is 5.97 Å². The number of benzene rings is 2. The maximum atomic E-state index is 13.7. The fourth-order valence-electron chi connectivity index (χ4n) is 4.00. The van der Waals surface area contributed by atoms with Gasteiger partial charge in [-0.25, -0.2) is 8.42 Å². The highest BCUT2D eigenvalue weighted by Crippen LogP contribution is 2.32. The van der Waals surface area contributed by atoms with Gasteiger partial charge in [0.15, 0.2) is 0 Å². The van der Waals surface area contributed by atoms with Crippen LogP contribution in [0.5, 0.6) is 0 Å². The van der Waals surface area contributed by atoms with E-state index in [4.69, 9.17) is 27.9 Å². The molecule has 8 nitrogen and oxygen atoms in total. The number of sulfonamides is 1. The van der Waals surface area contributed by atoms with Crippen LogP contribution in [0, 0.1) is 0 Å². The van der Waals surface area contributed by atoms with Crippen molar-refractivity contribution in [2.24, 2.45) is 7.05 Å². The summed E-state index contributed by atoms with van der Waals surface area (Å²) in [5, 5.41) is 1.00. The third-order valence-electron chi connectivity index (χ3n) is 6.09. The van der Waals surface area contributed by atoms with Crippen LogP contribution in [-0.2, 0) is 26.6 Å². The summed E-state index contributed by atoms with van der Waals surface area (Å²) in [4.78, 5) is 27.1. The van der Waals surface area contributed by atoms with Crippen LogP contribution < -0.4 is 4.31 Å². The highest BCUT2D eigenvalue weighted by Gasteiger charge is 2.30. The molecular weight excluding hydrogens is 525 g/mol. The highest BCUT2D eigenvalue weighted by atomic mass is 35.5. The van der Waals surface area contributed by atoms with E-state index in [1.54, 1.807) is 40.9 Å². The summed E-state index contributed by atoms with van der Waals surface area (Å²) in [6.07, 6.45) is 4.23. The lowest BCUT2D eigenvalue weighted by Gasteiger charge is -2.30. The predicted molar refractivity (Wildman–Crippen MR) is 140 cm³/mol. The number of anilines is 1. The molecule has 2 heterocycles. The second-order valence-electron chi connectivity index (χ2n) is 8.69. The monoisotopic (exact) mass is 551 g/mol. The Hall–Kier alpha value is -2.75. The van der Waals surface area contributed by atoms with Crippen LogP contribution in [0.3, 0.4) is 0 Å². The Morgan fingerprint density at radius 2 is 1.78 bits per heavy atom. The molecule has 1 amide bonds. The van der Waals surface area contributed by atoms with E-state index in [-0.39, 0.29) is 33.1 Å². The van der Waals surface area contributed by atoms with Gasteiger partial charge in [-0.1, -0.05) is 36.5 Å². The van der Waals surface area contributed by atoms with Gasteiger partial charge in [-0.2, -0.15) is 0 Å². The zero-order valence-electron chi connectivity index (χ0n) is 20.0. The van der Waals surface area contributed by atoms with Crippen LogP contribution in [0.15, 0.2) is 47.5 Å². The quantitative estimate of drug-likeness (QED) is 0.279. The van der Waals surface area contributed by atoms with Crippen molar-refractivity contribution < 1.29 is 22.7 Å². The second-order valence-corrected chi connectivity index (χ2v) is 11.4. The molecule has 1 saturated heterocycles. The molecule has 4 rings (SSSR count). The summed E-state index contributed by atoms with van der Waals surface area (Å²) in [5.41, 5.74) is 1.45. The molecule has 0 aliphatic carbocycles. The first-order valence-electron chi connectivity index (χ1n) is 11.6. The van der Waals surface area contributed by atoms with E-state index >= 15 is 0 Å². The zero-order chi connectivity index (χ0) is 26.0. The van der Waals surface area contributed by atoms with E-state index < -0.39 is 22.5 Å². The van der Waals surface area contributed by atoms with Crippen LogP contribution in [0.25, 0.3) is 10.9 Å². The van der Waals surface area contributed by atoms with Crippen molar-refractivity contribution >= 4 is 61.7 Å². The summed E-state index contributed by atoms with van der Waals surface area (Å²) in [5.74, 6) is -0.738. The number of hydrogen-bond donors (Lipinski definition) is 0. The first kappa shape index (κ1) is 26.3. The molecule has 1 fully saturated rings. The minimum Gasteiger partial charge on any atom is -0.464 e. The summed E-state index contributed by atoms with van der Waals surface area (Å²) >= 11 is 12.1. The van der Waals surface area contributed by atoms with Crippen molar-refractivity contribution in [3.05, 3.63) is 58.2 Å². The molecule has 11 heteroatoms. The average molecular weight is 552 g/mol. The van der Waals surface area contributed by atoms with Gasteiger partial charge in [0.05, 0.1) is 28.3 Å². The number of fused-ring (bicyclic) bond motifs is 1. The zero-order valence-corrected chi connectivity index (χ0v) is 22.4. The lowest BCUT2D eigenvalue weighted by molar-refractivity contribution is -0.141. The number of aromatic nitrogens is 1. The SMILES string of the molecule is CCCCOC(=O)CN(c1ccc2c(C(=O)N3CCC3)cn(C)c2c1)S(=O)(=O)c1cc(Cl)cc(Cl)c1. The van der Waals surface area contributed by atoms with E-state index in [9.17, 15) is 18.0 Å². The van der Waals surface area contributed by atoms with Gasteiger partial charge in [0.25, 0.3) is 15.9 Å². The standard InChI is InChI=1S/C25H27Cl2N3O5S/c1-3-4-10-35-24(31)16-30(36(33,34)20-12-17(26)11-18(27)13-20)19-6-7-21-22(15-28(2)23(21)14-19)25(32)29-8-5-9-29/h6-7,11-15H,3-5,8-10,16H2,1-2H3. The Morgan fingerprint density at radius 1 is 1.08 bits per heavy atom. The van der Waals surface area contributed by atoms with Crippen molar-refractivity contribution in [3.8, 4) is 0 Å². The molecule has 1 aliphatic rings. The van der Waals surface area contributed by atoms with Crippen LogP contribution in [0.4, 0.5) is 5.69 Å². The minimum absolute atomic E-state index is 0.0582. The molecule has 0 saturated carbocycles. The molecule has 3 aromatic rings. The predicted octanol–water partition coefficient (Wildman–Crippen LogP) is 4.87. The maximum absolute atomic E-state index is 13.7. The van der Waals surface area contributed by atoms with Gasteiger partial charge in [0, 0.05) is 41.8 Å². The van der Waals surface area contributed by atoms with Gasteiger partial charge in [-0.15, -0.1) is 0 Å². The van der Waals surface area contributed by atoms with Crippen molar-refractivity contribution in [2.75, 3.05) is 30.5 Å². The molecule has 0 radical (unpaired) electrons. The number of ether oxygens (including phenoxy) is 1. The fraction of sp³-hybridized carbons (Fsp3) is 0.360. The fourth-order valence-corrected chi connectivity index (χ4v) is 6.13. The Balaban J connectivity index is 1.76. The molecule has 0 unspecified atom stereocenters. The van der Waals surface area contributed by atoms with Crippen molar-refractivity contribution in [1.29, 1.82) is 0 Å². The molecular formula is C25H27Cl2N3O5S. The van der Waals surface area contributed by atoms with E-state index in [1.807, 2.05) is 6.92 Å². The number of carbonyl (C=O) groups excluding carboxylic acids is 2. The first-order valence-corrected chi connectivity index (χ1v) is 13.8. The average Bonchev–Trinajstić information content (AvgIpc) is 3.11. The van der Waals surface area contributed by atoms with Gasteiger partial charge in [0.1, 0.15) is 6.54 Å². The Labute approximate surface area is 220 Å².